The van der Waals surface area contributed by atoms with Crippen LogP contribution >= 0.6 is 23.1 Å². The molecule has 0 radical (unpaired) electrons. The van der Waals surface area contributed by atoms with E-state index < -0.39 is 0 Å². The van der Waals surface area contributed by atoms with Crippen molar-refractivity contribution in [2.24, 2.45) is 0 Å². The van der Waals surface area contributed by atoms with Gasteiger partial charge in [0.1, 0.15) is 5.01 Å². The van der Waals surface area contributed by atoms with E-state index in [4.69, 9.17) is 0 Å². The molecule has 4 aromatic rings. The van der Waals surface area contributed by atoms with E-state index >= 15 is 0 Å². The monoisotopic (exact) mass is 423 g/mol. The van der Waals surface area contributed by atoms with Gasteiger partial charge in [0, 0.05) is 30.1 Å². The van der Waals surface area contributed by atoms with Gasteiger partial charge in [-0.15, -0.1) is 20.4 Å². The highest BCUT2D eigenvalue weighted by atomic mass is 32.2. The number of pyridine rings is 1. The molecular formula is C19H17N7OS2. The Kier molecular flexibility index (Phi) is 5.92. The van der Waals surface area contributed by atoms with Crippen LogP contribution in [0.1, 0.15) is 6.92 Å². The van der Waals surface area contributed by atoms with Crippen LogP contribution in [0.2, 0.25) is 0 Å². The Balaban J connectivity index is 1.39. The zero-order valence-corrected chi connectivity index (χ0v) is 17.2. The van der Waals surface area contributed by atoms with Crippen molar-refractivity contribution >= 4 is 34.1 Å². The lowest BCUT2D eigenvalue weighted by Crippen LogP contribution is -2.14. The van der Waals surface area contributed by atoms with E-state index in [-0.39, 0.29) is 11.7 Å². The van der Waals surface area contributed by atoms with Gasteiger partial charge in [0.25, 0.3) is 0 Å². The van der Waals surface area contributed by atoms with Crippen molar-refractivity contribution in [2.45, 2.75) is 18.6 Å². The van der Waals surface area contributed by atoms with Crippen LogP contribution in [-0.4, -0.2) is 41.6 Å². The van der Waals surface area contributed by atoms with E-state index in [1.807, 2.05) is 54.0 Å². The van der Waals surface area contributed by atoms with Crippen LogP contribution in [0.15, 0.2) is 60.0 Å². The van der Waals surface area contributed by atoms with E-state index in [1.165, 1.54) is 23.1 Å². The Morgan fingerprint density at radius 3 is 2.59 bits per heavy atom. The highest BCUT2D eigenvalue weighted by Crippen LogP contribution is 2.27. The first-order chi connectivity index (χ1) is 14.2. The number of nitrogens with zero attached hydrogens (tertiary/aromatic N) is 6. The Labute approximate surface area is 175 Å². The average molecular weight is 424 g/mol. The molecule has 146 valence electrons. The number of carbonyl (C=O) groups excluding carboxylic acids is 1. The Hall–Kier alpha value is -3.11. The molecule has 0 atom stereocenters. The van der Waals surface area contributed by atoms with Gasteiger partial charge in [-0.1, -0.05) is 53.4 Å². The molecule has 1 amide bonds. The molecule has 0 unspecified atom stereocenters. The fourth-order valence-corrected chi connectivity index (χ4v) is 4.22. The molecule has 3 heterocycles. The summed E-state index contributed by atoms with van der Waals surface area (Å²) < 4.78 is 1.98. The first-order valence-corrected chi connectivity index (χ1v) is 10.7. The van der Waals surface area contributed by atoms with Gasteiger partial charge in [-0.25, -0.2) is 0 Å². The number of hydrogen-bond acceptors (Lipinski definition) is 8. The minimum atomic E-state index is -0.165. The number of amides is 1. The van der Waals surface area contributed by atoms with Crippen LogP contribution in [0.25, 0.3) is 22.0 Å². The zero-order chi connectivity index (χ0) is 20.1. The Morgan fingerprint density at radius 1 is 1.03 bits per heavy atom. The van der Waals surface area contributed by atoms with Gasteiger partial charge in [0.2, 0.25) is 11.0 Å². The number of nitrogens with one attached hydrogen (secondary N) is 1. The molecule has 0 spiro atoms. The SMILES string of the molecule is CCn1c(SCC(=O)Nc2nnc(-c3ccccc3)s2)nnc1-c1ccncc1. The van der Waals surface area contributed by atoms with Gasteiger partial charge in [-0.2, -0.15) is 0 Å². The summed E-state index contributed by atoms with van der Waals surface area (Å²) in [6.07, 6.45) is 3.44. The van der Waals surface area contributed by atoms with E-state index in [0.29, 0.717) is 16.8 Å². The third-order valence-electron chi connectivity index (χ3n) is 4.00. The summed E-state index contributed by atoms with van der Waals surface area (Å²) in [5.41, 5.74) is 1.91. The van der Waals surface area contributed by atoms with Crippen molar-refractivity contribution in [3.63, 3.8) is 0 Å². The van der Waals surface area contributed by atoms with E-state index in [2.05, 4.69) is 30.7 Å². The minimum Gasteiger partial charge on any atom is -0.302 e. The van der Waals surface area contributed by atoms with E-state index in [1.54, 1.807) is 12.4 Å². The van der Waals surface area contributed by atoms with Crippen LogP contribution < -0.4 is 5.32 Å². The van der Waals surface area contributed by atoms with Gasteiger partial charge < -0.3 is 4.57 Å². The quantitative estimate of drug-likeness (QED) is 0.453. The van der Waals surface area contributed by atoms with Gasteiger partial charge in [-0.05, 0) is 19.1 Å². The van der Waals surface area contributed by atoms with Gasteiger partial charge in [0.15, 0.2) is 11.0 Å². The van der Waals surface area contributed by atoms with Gasteiger partial charge >= 0.3 is 0 Å². The van der Waals surface area contributed by atoms with Crippen molar-refractivity contribution in [3.05, 3.63) is 54.9 Å². The van der Waals surface area contributed by atoms with Crippen molar-refractivity contribution in [2.75, 3.05) is 11.1 Å². The Bertz CT molecular complexity index is 1100. The first-order valence-electron chi connectivity index (χ1n) is 8.89. The molecule has 0 saturated heterocycles. The molecule has 0 aliphatic heterocycles. The molecular weight excluding hydrogens is 406 g/mol. The lowest BCUT2D eigenvalue weighted by molar-refractivity contribution is -0.113. The Morgan fingerprint density at radius 2 is 1.83 bits per heavy atom. The molecule has 3 aromatic heterocycles. The minimum absolute atomic E-state index is 0.165. The molecule has 1 N–H and O–H groups in total. The molecule has 0 aliphatic rings. The number of thioether (sulfide) groups is 1. The van der Waals surface area contributed by atoms with E-state index in [0.717, 1.165) is 22.0 Å². The summed E-state index contributed by atoms with van der Waals surface area (Å²) in [6, 6.07) is 13.5. The van der Waals surface area contributed by atoms with Crippen LogP contribution in [0.5, 0.6) is 0 Å². The number of aromatic nitrogens is 6. The summed E-state index contributed by atoms with van der Waals surface area (Å²) in [5.74, 6) is 0.797. The molecule has 0 saturated carbocycles. The second kappa shape index (κ2) is 8.93. The number of benzene rings is 1. The summed E-state index contributed by atoms with van der Waals surface area (Å²) in [4.78, 5) is 16.4. The maximum absolute atomic E-state index is 12.3. The van der Waals surface area contributed by atoms with Gasteiger partial charge in [-0.3, -0.25) is 15.1 Å². The molecule has 10 heteroatoms. The van der Waals surface area contributed by atoms with Gasteiger partial charge in [0.05, 0.1) is 5.75 Å². The predicted molar refractivity (Wildman–Crippen MR) is 114 cm³/mol. The summed E-state index contributed by atoms with van der Waals surface area (Å²) in [6.45, 7) is 2.72. The highest BCUT2D eigenvalue weighted by Gasteiger charge is 2.15. The maximum atomic E-state index is 12.3. The predicted octanol–water partition coefficient (Wildman–Crippen LogP) is 3.61. The highest BCUT2D eigenvalue weighted by molar-refractivity contribution is 7.99. The largest absolute Gasteiger partial charge is 0.302 e. The molecule has 4 rings (SSSR count). The third-order valence-corrected chi connectivity index (χ3v) is 5.85. The molecule has 0 aliphatic carbocycles. The number of hydrogen-bond donors (Lipinski definition) is 1. The maximum Gasteiger partial charge on any atom is 0.236 e. The lowest BCUT2D eigenvalue weighted by Gasteiger charge is -2.07. The molecule has 0 fully saturated rings. The second-order valence-electron chi connectivity index (χ2n) is 5.90. The molecule has 0 bridgehead atoms. The van der Waals surface area contributed by atoms with E-state index in [9.17, 15) is 4.79 Å². The first kappa shape index (κ1) is 19.2. The topological polar surface area (TPSA) is 98.5 Å². The van der Waals surface area contributed by atoms with Crippen LogP contribution in [-0.2, 0) is 11.3 Å². The fourth-order valence-electron chi connectivity index (χ4n) is 2.65. The smallest absolute Gasteiger partial charge is 0.236 e. The average Bonchev–Trinajstić information content (AvgIpc) is 3.40. The number of carbonyl (C=O) groups is 1. The molecule has 8 nitrogen and oxygen atoms in total. The summed E-state index contributed by atoms with van der Waals surface area (Å²) in [7, 11) is 0. The molecule has 1 aromatic carbocycles. The van der Waals surface area contributed by atoms with Crippen LogP contribution in [0, 0.1) is 0 Å². The fraction of sp³-hybridized carbons (Fsp3) is 0.158. The standard InChI is InChI=1S/C19H17N7OS2/c1-2-26-16(13-8-10-20-11-9-13)22-25-19(26)28-12-15(27)21-18-24-23-17(29-18)14-6-4-3-5-7-14/h3-11H,2,12H2,1H3,(H,21,24,27). The normalized spacial score (nSPS) is 10.8. The second-order valence-corrected chi connectivity index (χ2v) is 7.82. The number of rotatable bonds is 7. The number of anilines is 1. The third kappa shape index (κ3) is 4.49. The van der Waals surface area contributed by atoms with Crippen LogP contribution in [0.3, 0.4) is 0 Å². The van der Waals surface area contributed by atoms with Crippen molar-refractivity contribution in [1.29, 1.82) is 0 Å². The van der Waals surface area contributed by atoms with Crippen molar-refractivity contribution < 1.29 is 4.79 Å². The summed E-state index contributed by atoms with van der Waals surface area (Å²) in [5, 5.41) is 21.4. The van der Waals surface area contributed by atoms with Crippen LogP contribution in [0.4, 0.5) is 5.13 Å². The lowest BCUT2D eigenvalue weighted by atomic mass is 10.2. The van der Waals surface area contributed by atoms with Crippen molar-refractivity contribution in [1.82, 2.24) is 29.9 Å². The zero-order valence-electron chi connectivity index (χ0n) is 15.5. The van der Waals surface area contributed by atoms with Crippen molar-refractivity contribution in [3.8, 4) is 22.0 Å². The summed E-state index contributed by atoms with van der Waals surface area (Å²) >= 11 is 2.68. The molecule has 29 heavy (non-hydrogen) atoms.